The molecule has 2 heterocycles. The van der Waals surface area contributed by atoms with E-state index in [-0.39, 0.29) is 17.9 Å². The van der Waals surface area contributed by atoms with Crippen molar-refractivity contribution in [3.63, 3.8) is 0 Å². The largest absolute Gasteiger partial charge is 0.497 e. The molecule has 0 bridgehead atoms. The molecule has 2 atom stereocenters. The summed E-state index contributed by atoms with van der Waals surface area (Å²) in [6.07, 6.45) is 2.20. The summed E-state index contributed by atoms with van der Waals surface area (Å²) < 4.78 is 16.5. The zero-order valence-corrected chi connectivity index (χ0v) is 19.0. The molecule has 1 amide bonds. The van der Waals surface area contributed by atoms with E-state index in [1.165, 1.54) is 5.56 Å². The predicted molar refractivity (Wildman–Crippen MR) is 124 cm³/mol. The predicted octanol–water partition coefficient (Wildman–Crippen LogP) is 3.97. The van der Waals surface area contributed by atoms with Crippen molar-refractivity contribution in [2.75, 3.05) is 27.3 Å². The Hall–Kier alpha value is -3.32. The molecule has 172 valence electrons. The Kier molecular flexibility index (Phi) is 6.05. The number of rotatable bonds is 8. The fourth-order valence-electron chi connectivity index (χ4n) is 4.65. The van der Waals surface area contributed by atoms with Crippen LogP contribution >= 0.6 is 0 Å². The first-order valence-electron chi connectivity index (χ1n) is 11.4. The van der Waals surface area contributed by atoms with E-state index in [1.54, 1.807) is 20.3 Å². The van der Waals surface area contributed by atoms with Crippen LogP contribution in [0.2, 0.25) is 0 Å². The van der Waals surface area contributed by atoms with Crippen LogP contribution in [0.1, 0.15) is 52.1 Å². The third kappa shape index (κ3) is 4.73. The smallest absolute Gasteiger partial charge is 0.273 e. The van der Waals surface area contributed by atoms with Crippen LogP contribution in [0.25, 0.3) is 0 Å². The van der Waals surface area contributed by atoms with Crippen molar-refractivity contribution in [2.45, 2.75) is 37.3 Å². The summed E-state index contributed by atoms with van der Waals surface area (Å²) in [7, 11) is 3.33. The highest BCUT2D eigenvalue weighted by atomic mass is 16.5. The van der Waals surface area contributed by atoms with E-state index >= 15 is 0 Å². The molecule has 2 aromatic carbocycles. The average molecular weight is 448 g/mol. The van der Waals surface area contributed by atoms with Gasteiger partial charge in [-0.05, 0) is 36.6 Å². The summed E-state index contributed by atoms with van der Waals surface area (Å²) in [6.45, 7) is 2.32. The maximum atomic E-state index is 13.1. The first-order valence-corrected chi connectivity index (χ1v) is 11.4. The van der Waals surface area contributed by atoms with Gasteiger partial charge >= 0.3 is 0 Å². The van der Waals surface area contributed by atoms with Gasteiger partial charge in [0.25, 0.3) is 5.91 Å². The summed E-state index contributed by atoms with van der Waals surface area (Å²) in [5.74, 6) is 2.62. The molecule has 2 aliphatic rings. The molecule has 1 aliphatic carbocycles. The molecule has 1 saturated carbocycles. The number of hydrogen-bond acceptors (Lipinski definition) is 6. The molecule has 7 heteroatoms. The molecule has 5 rings (SSSR count). The maximum absolute atomic E-state index is 13.1. The molecule has 3 aromatic rings. The summed E-state index contributed by atoms with van der Waals surface area (Å²) >= 11 is 0. The van der Waals surface area contributed by atoms with Gasteiger partial charge in [0.05, 0.1) is 20.3 Å². The minimum atomic E-state index is -0.205. The Morgan fingerprint density at radius 3 is 2.64 bits per heavy atom. The summed E-state index contributed by atoms with van der Waals surface area (Å²) in [4.78, 5) is 15.4. The van der Waals surface area contributed by atoms with E-state index in [1.807, 2.05) is 24.3 Å². The highest BCUT2D eigenvalue weighted by molar-refractivity contribution is 5.92. The van der Waals surface area contributed by atoms with Crippen molar-refractivity contribution >= 4 is 5.91 Å². The second-order valence-corrected chi connectivity index (χ2v) is 8.86. The number of nitrogens with one attached hydrogen (secondary N) is 1. The first-order chi connectivity index (χ1) is 16.1. The zero-order valence-electron chi connectivity index (χ0n) is 19.0. The molecule has 2 unspecified atom stereocenters. The number of nitrogens with zero attached hydrogens (tertiary/aromatic N) is 2. The van der Waals surface area contributed by atoms with Gasteiger partial charge in [-0.15, -0.1) is 0 Å². The fourth-order valence-corrected chi connectivity index (χ4v) is 4.65. The Morgan fingerprint density at radius 1 is 1.09 bits per heavy atom. The number of ether oxygens (including phenoxy) is 2. The topological polar surface area (TPSA) is 76.8 Å². The van der Waals surface area contributed by atoms with Gasteiger partial charge in [-0.1, -0.05) is 35.5 Å². The van der Waals surface area contributed by atoms with E-state index in [9.17, 15) is 4.79 Å². The lowest BCUT2D eigenvalue weighted by molar-refractivity contribution is 0.0925. The average Bonchev–Trinajstić information content (AvgIpc) is 3.44. The van der Waals surface area contributed by atoms with Crippen molar-refractivity contribution in [3.8, 4) is 11.5 Å². The number of methoxy groups -OCH3 is 2. The molecule has 1 aromatic heterocycles. The molecule has 0 radical (unpaired) electrons. The Morgan fingerprint density at radius 2 is 1.91 bits per heavy atom. The summed E-state index contributed by atoms with van der Waals surface area (Å²) in [5.41, 5.74) is 2.61. The highest BCUT2D eigenvalue weighted by Crippen LogP contribution is 2.40. The third-order valence-electron chi connectivity index (χ3n) is 6.54. The minimum absolute atomic E-state index is 0.0394. The standard InChI is InChI=1S/C26H29N3O4/c1-31-19-10-11-24(32-2)20(12-19)21-15-29(14-17-6-4-3-5-7-17)16-23(21)27-26(30)22-13-25(33-28-22)18-8-9-18/h3-7,10-13,18,21,23H,8-9,14-16H2,1-2H3,(H,27,30). The number of likely N-dealkylation sites (tertiary alicyclic amines) is 1. The van der Waals surface area contributed by atoms with E-state index in [0.29, 0.717) is 11.6 Å². The van der Waals surface area contributed by atoms with Crippen molar-refractivity contribution in [2.24, 2.45) is 0 Å². The monoisotopic (exact) mass is 447 g/mol. The van der Waals surface area contributed by atoms with Crippen LogP contribution in [0.3, 0.4) is 0 Å². The Balaban J connectivity index is 1.40. The van der Waals surface area contributed by atoms with Crippen molar-refractivity contribution in [1.29, 1.82) is 0 Å². The maximum Gasteiger partial charge on any atom is 0.273 e. The van der Waals surface area contributed by atoms with Crippen LogP contribution in [-0.2, 0) is 6.54 Å². The number of benzene rings is 2. The molecule has 0 spiro atoms. The first kappa shape index (κ1) is 21.5. The lowest BCUT2D eigenvalue weighted by atomic mass is 9.93. The van der Waals surface area contributed by atoms with E-state index in [2.05, 4.69) is 39.6 Å². The second kappa shape index (κ2) is 9.27. The van der Waals surface area contributed by atoms with E-state index < -0.39 is 0 Å². The Labute approximate surface area is 193 Å². The number of aromatic nitrogens is 1. The fraction of sp³-hybridized carbons (Fsp3) is 0.385. The molecule has 33 heavy (non-hydrogen) atoms. The van der Waals surface area contributed by atoms with Gasteiger partial charge in [-0.3, -0.25) is 9.69 Å². The van der Waals surface area contributed by atoms with Crippen LogP contribution in [0.5, 0.6) is 11.5 Å². The SMILES string of the molecule is COc1ccc(OC)c(C2CN(Cc3ccccc3)CC2NC(=O)c2cc(C3CC3)on2)c1. The van der Waals surface area contributed by atoms with E-state index in [4.69, 9.17) is 14.0 Å². The van der Waals surface area contributed by atoms with Gasteiger partial charge in [0.15, 0.2) is 5.69 Å². The van der Waals surface area contributed by atoms with Crippen LogP contribution in [0.15, 0.2) is 59.1 Å². The summed E-state index contributed by atoms with van der Waals surface area (Å²) in [6, 6.07) is 17.9. The molecular formula is C26H29N3O4. The number of carbonyl (C=O) groups excluding carboxylic acids is 1. The Bertz CT molecular complexity index is 1110. The van der Waals surface area contributed by atoms with Gasteiger partial charge in [0, 0.05) is 43.1 Å². The van der Waals surface area contributed by atoms with Crippen LogP contribution < -0.4 is 14.8 Å². The van der Waals surface area contributed by atoms with Crippen LogP contribution in [0.4, 0.5) is 0 Å². The number of hydrogen-bond donors (Lipinski definition) is 1. The lowest BCUT2D eigenvalue weighted by Crippen LogP contribution is -2.40. The van der Waals surface area contributed by atoms with Gasteiger partial charge < -0.3 is 19.3 Å². The highest BCUT2D eigenvalue weighted by Gasteiger charge is 2.37. The van der Waals surface area contributed by atoms with Gasteiger partial charge in [0.1, 0.15) is 17.3 Å². The number of amides is 1. The molecule has 1 saturated heterocycles. The van der Waals surface area contributed by atoms with E-state index in [0.717, 1.165) is 55.3 Å². The van der Waals surface area contributed by atoms with Gasteiger partial charge in [-0.2, -0.15) is 0 Å². The lowest BCUT2D eigenvalue weighted by Gasteiger charge is -2.22. The normalized spacial score (nSPS) is 20.5. The van der Waals surface area contributed by atoms with Crippen molar-refractivity contribution in [3.05, 3.63) is 77.2 Å². The molecular weight excluding hydrogens is 418 g/mol. The number of carbonyl (C=O) groups is 1. The van der Waals surface area contributed by atoms with Gasteiger partial charge in [0.2, 0.25) is 0 Å². The van der Waals surface area contributed by atoms with Crippen LogP contribution in [-0.4, -0.2) is 49.3 Å². The summed E-state index contributed by atoms with van der Waals surface area (Å²) in [5, 5.41) is 7.24. The zero-order chi connectivity index (χ0) is 22.8. The molecule has 1 N–H and O–H groups in total. The van der Waals surface area contributed by atoms with Gasteiger partial charge in [-0.25, -0.2) is 0 Å². The molecule has 2 fully saturated rings. The quantitative estimate of drug-likeness (QED) is 0.563. The molecule has 7 nitrogen and oxygen atoms in total. The van der Waals surface area contributed by atoms with Crippen molar-refractivity contribution in [1.82, 2.24) is 15.4 Å². The third-order valence-corrected chi connectivity index (χ3v) is 6.54. The minimum Gasteiger partial charge on any atom is -0.497 e. The molecule has 1 aliphatic heterocycles. The van der Waals surface area contributed by atoms with Crippen molar-refractivity contribution < 1.29 is 18.8 Å². The van der Waals surface area contributed by atoms with Crippen LogP contribution in [0, 0.1) is 0 Å². The second-order valence-electron chi connectivity index (χ2n) is 8.86.